The van der Waals surface area contributed by atoms with Crippen LogP contribution in [0.2, 0.25) is 5.02 Å². The third-order valence-electron chi connectivity index (χ3n) is 3.37. The van der Waals surface area contributed by atoms with Crippen LogP contribution < -0.4 is 10.1 Å². The van der Waals surface area contributed by atoms with E-state index in [9.17, 15) is 0 Å². The summed E-state index contributed by atoms with van der Waals surface area (Å²) in [5.74, 6) is 0.677. The van der Waals surface area contributed by atoms with E-state index in [1.807, 2.05) is 48.7 Å². The number of anilines is 1. The van der Waals surface area contributed by atoms with Gasteiger partial charge < -0.3 is 10.1 Å². The van der Waals surface area contributed by atoms with Gasteiger partial charge in [-0.05, 0) is 35.9 Å². The SMILES string of the molecule is COc1ccc(NCc2ccnc3ccccc23)cc1Cl. The molecule has 0 atom stereocenters. The zero-order chi connectivity index (χ0) is 14.7. The van der Waals surface area contributed by atoms with Gasteiger partial charge in [-0.25, -0.2) is 0 Å². The highest BCUT2D eigenvalue weighted by atomic mass is 35.5. The van der Waals surface area contributed by atoms with Crippen LogP contribution in [0, 0.1) is 0 Å². The van der Waals surface area contributed by atoms with Crippen molar-refractivity contribution in [3.8, 4) is 5.75 Å². The molecule has 0 aliphatic rings. The van der Waals surface area contributed by atoms with Crippen LogP contribution in [0.5, 0.6) is 5.75 Å². The van der Waals surface area contributed by atoms with E-state index in [4.69, 9.17) is 16.3 Å². The fourth-order valence-electron chi connectivity index (χ4n) is 2.28. The lowest BCUT2D eigenvalue weighted by Gasteiger charge is -2.10. The minimum absolute atomic E-state index is 0.599. The van der Waals surface area contributed by atoms with Gasteiger partial charge in [0.05, 0.1) is 17.6 Å². The monoisotopic (exact) mass is 298 g/mol. The average Bonchev–Trinajstić information content (AvgIpc) is 2.53. The Morgan fingerprint density at radius 2 is 2.00 bits per heavy atom. The van der Waals surface area contributed by atoms with Crippen molar-refractivity contribution < 1.29 is 4.74 Å². The summed E-state index contributed by atoms with van der Waals surface area (Å²) < 4.78 is 5.15. The third-order valence-corrected chi connectivity index (χ3v) is 3.67. The highest BCUT2D eigenvalue weighted by Gasteiger charge is 2.04. The van der Waals surface area contributed by atoms with E-state index >= 15 is 0 Å². The number of methoxy groups -OCH3 is 1. The maximum absolute atomic E-state index is 6.13. The second-order valence-electron chi connectivity index (χ2n) is 4.69. The topological polar surface area (TPSA) is 34.1 Å². The lowest BCUT2D eigenvalue weighted by molar-refractivity contribution is 0.415. The van der Waals surface area contributed by atoms with E-state index < -0.39 is 0 Å². The van der Waals surface area contributed by atoms with Gasteiger partial charge in [0.1, 0.15) is 5.75 Å². The largest absolute Gasteiger partial charge is 0.495 e. The van der Waals surface area contributed by atoms with Crippen molar-refractivity contribution in [3.63, 3.8) is 0 Å². The predicted molar refractivity (Wildman–Crippen MR) is 87.1 cm³/mol. The maximum Gasteiger partial charge on any atom is 0.137 e. The van der Waals surface area contributed by atoms with Gasteiger partial charge in [0, 0.05) is 23.8 Å². The zero-order valence-electron chi connectivity index (χ0n) is 11.6. The molecule has 0 saturated heterocycles. The lowest BCUT2D eigenvalue weighted by Crippen LogP contribution is -2.00. The van der Waals surface area contributed by atoms with E-state index in [0.29, 0.717) is 17.3 Å². The highest BCUT2D eigenvalue weighted by molar-refractivity contribution is 6.32. The summed E-state index contributed by atoms with van der Waals surface area (Å²) in [7, 11) is 1.61. The number of hydrogen-bond donors (Lipinski definition) is 1. The molecule has 0 saturated carbocycles. The Hall–Kier alpha value is -2.26. The maximum atomic E-state index is 6.13. The summed E-state index contributed by atoms with van der Waals surface area (Å²) in [6, 6.07) is 15.8. The first-order valence-electron chi connectivity index (χ1n) is 6.68. The Labute approximate surface area is 128 Å². The summed E-state index contributed by atoms with van der Waals surface area (Å²) >= 11 is 6.13. The number of hydrogen-bond acceptors (Lipinski definition) is 3. The molecule has 0 aliphatic heterocycles. The molecule has 1 N–H and O–H groups in total. The Bertz CT molecular complexity index is 768. The number of benzene rings is 2. The van der Waals surface area contributed by atoms with Gasteiger partial charge in [-0.2, -0.15) is 0 Å². The van der Waals surface area contributed by atoms with Crippen LogP contribution in [0.4, 0.5) is 5.69 Å². The van der Waals surface area contributed by atoms with Crippen LogP contribution in [0.1, 0.15) is 5.56 Å². The Morgan fingerprint density at radius 1 is 1.14 bits per heavy atom. The standard InChI is InChI=1S/C17H15ClN2O/c1-21-17-7-6-13(10-15(17)18)20-11-12-8-9-19-16-5-3-2-4-14(12)16/h2-10,20H,11H2,1H3. The molecule has 0 unspecified atom stereocenters. The fraction of sp³-hybridized carbons (Fsp3) is 0.118. The molecule has 1 aromatic heterocycles. The van der Waals surface area contributed by atoms with Gasteiger partial charge in [0.2, 0.25) is 0 Å². The molecule has 0 radical (unpaired) electrons. The van der Waals surface area contributed by atoms with Crippen molar-refractivity contribution in [2.75, 3.05) is 12.4 Å². The van der Waals surface area contributed by atoms with Crippen LogP contribution in [-0.2, 0) is 6.54 Å². The number of ether oxygens (including phenoxy) is 1. The van der Waals surface area contributed by atoms with Crippen molar-refractivity contribution in [2.24, 2.45) is 0 Å². The molecular weight excluding hydrogens is 284 g/mol. The number of halogens is 1. The van der Waals surface area contributed by atoms with Gasteiger partial charge in [-0.3, -0.25) is 4.98 Å². The van der Waals surface area contributed by atoms with Gasteiger partial charge in [0.15, 0.2) is 0 Å². The summed E-state index contributed by atoms with van der Waals surface area (Å²) in [4.78, 5) is 4.37. The predicted octanol–water partition coefficient (Wildman–Crippen LogP) is 4.51. The number of nitrogens with one attached hydrogen (secondary N) is 1. The Kier molecular flexibility index (Phi) is 3.93. The summed E-state index contributed by atoms with van der Waals surface area (Å²) in [6.45, 7) is 0.714. The van der Waals surface area contributed by atoms with E-state index in [0.717, 1.165) is 16.6 Å². The van der Waals surface area contributed by atoms with Crippen LogP contribution >= 0.6 is 11.6 Å². The van der Waals surface area contributed by atoms with Crippen molar-refractivity contribution >= 4 is 28.2 Å². The molecule has 0 spiro atoms. The Balaban J connectivity index is 1.82. The minimum atomic E-state index is 0.599. The molecule has 0 aliphatic carbocycles. The van der Waals surface area contributed by atoms with Crippen molar-refractivity contribution in [1.82, 2.24) is 4.98 Å². The summed E-state index contributed by atoms with van der Waals surface area (Å²) in [5, 5.41) is 5.14. The number of aromatic nitrogens is 1. The molecular formula is C17H15ClN2O. The van der Waals surface area contributed by atoms with E-state index in [-0.39, 0.29) is 0 Å². The number of rotatable bonds is 4. The lowest BCUT2D eigenvalue weighted by atomic mass is 10.1. The molecule has 1 heterocycles. The number of para-hydroxylation sites is 1. The third kappa shape index (κ3) is 2.93. The summed E-state index contributed by atoms with van der Waals surface area (Å²) in [5.41, 5.74) is 3.17. The van der Waals surface area contributed by atoms with Crippen molar-refractivity contribution in [1.29, 1.82) is 0 Å². The van der Waals surface area contributed by atoms with Crippen LogP contribution in [0.25, 0.3) is 10.9 Å². The van der Waals surface area contributed by atoms with Crippen molar-refractivity contribution in [2.45, 2.75) is 6.54 Å². The van der Waals surface area contributed by atoms with Gasteiger partial charge in [-0.15, -0.1) is 0 Å². The van der Waals surface area contributed by atoms with E-state index in [1.165, 1.54) is 5.56 Å². The van der Waals surface area contributed by atoms with Crippen LogP contribution in [0.15, 0.2) is 54.7 Å². The fourth-order valence-corrected chi connectivity index (χ4v) is 2.54. The minimum Gasteiger partial charge on any atom is -0.495 e. The first kappa shape index (κ1) is 13.7. The summed E-state index contributed by atoms with van der Waals surface area (Å²) in [6.07, 6.45) is 1.83. The molecule has 106 valence electrons. The second kappa shape index (κ2) is 6.02. The molecule has 0 bridgehead atoms. The van der Waals surface area contributed by atoms with E-state index in [1.54, 1.807) is 7.11 Å². The second-order valence-corrected chi connectivity index (χ2v) is 5.10. The molecule has 2 aromatic carbocycles. The van der Waals surface area contributed by atoms with Gasteiger partial charge in [0.25, 0.3) is 0 Å². The van der Waals surface area contributed by atoms with Crippen LogP contribution in [-0.4, -0.2) is 12.1 Å². The van der Waals surface area contributed by atoms with Gasteiger partial charge >= 0.3 is 0 Å². The van der Waals surface area contributed by atoms with Crippen LogP contribution in [0.3, 0.4) is 0 Å². The smallest absolute Gasteiger partial charge is 0.137 e. The molecule has 3 rings (SSSR count). The molecule has 21 heavy (non-hydrogen) atoms. The number of pyridine rings is 1. The molecule has 3 nitrogen and oxygen atoms in total. The molecule has 0 amide bonds. The van der Waals surface area contributed by atoms with Gasteiger partial charge in [-0.1, -0.05) is 29.8 Å². The average molecular weight is 299 g/mol. The molecule has 3 aromatic rings. The normalized spacial score (nSPS) is 10.6. The van der Waals surface area contributed by atoms with Crippen molar-refractivity contribution in [3.05, 3.63) is 65.3 Å². The quantitative estimate of drug-likeness (QED) is 0.769. The molecule has 4 heteroatoms. The Morgan fingerprint density at radius 3 is 2.81 bits per heavy atom. The number of fused-ring (bicyclic) bond motifs is 1. The van der Waals surface area contributed by atoms with E-state index in [2.05, 4.69) is 16.4 Å². The molecule has 0 fully saturated rings. The first-order valence-corrected chi connectivity index (χ1v) is 7.06. The first-order chi connectivity index (χ1) is 10.3. The number of nitrogens with zero attached hydrogens (tertiary/aromatic N) is 1. The highest BCUT2D eigenvalue weighted by Crippen LogP contribution is 2.27. The zero-order valence-corrected chi connectivity index (χ0v) is 12.4.